The van der Waals surface area contributed by atoms with Crippen LogP contribution in [0, 0.1) is 35.5 Å². The Kier molecular flexibility index (Phi) is 8.82. The first-order chi connectivity index (χ1) is 20.2. The van der Waals surface area contributed by atoms with Crippen molar-refractivity contribution in [3.8, 4) is 12.3 Å². The van der Waals surface area contributed by atoms with Gasteiger partial charge in [0.1, 0.15) is 12.1 Å². The van der Waals surface area contributed by atoms with Crippen LogP contribution in [0.3, 0.4) is 0 Å². The van der Waals surface area contributed by atoms with E-state index in [1.165, 1.54) is 6.42 Å². The molecule has 2 atom stereocenters. The van der Waals surface area contributed by atoms with E-state index in [1.54, 1.807) is 4.90 Å². The van der Waals surface area contributed by atoms with E-state index >= 15 is 0 Å². The number of hydrogen-bond acceptors (Lipinski definition) is 9. The van der Waals surface area contributed by atoms with Crippen molar-refractivity contribution < 1.29 is 19.8 Å². The van der Waals surface area contributed by atoms with Gasteiger partial charge in [0, 0.05) is 44.2 Å². The van der Waals surface area contributed by atoms with E-state index in [-0.39, 0.29) is 23.8 Å². The van der Waals surface area contributed by atoms with Gasteiger partial charge in [0.15, 0.2) is 23.1 Å². The minimum absolute atomic E-state index is 0.0506. The Morgan fingerprint density at radius 3 is 2.48 bits per heavy atom. The number of piperazine rings is 1. The van der Waals surface area contributed by atoms with E-state index in [9.17, 15) is 19.8 Å². The molecule has 13 nitrogen and oxygen atoms in total. The lowest BCUT2D eigenvalue weighted by molar-refractivity contribution is -0.134. The fraction of sp³-hybridized carbons (Fsp3) is 0.655. The number of aliphatic hydroxyl groups excluding tert-OH is 1. The van der Waals surface area contributed by atoms with Gasteiger partial charge in [0.2, 0.25) is 11.9 Å². The van der Waals surface area contributed by atoms with Gasteiger partial charge >= 0.3 is 6.09 Å². The minimum Gasteiger partial charge on any atom is -0.465 e. The molecule has 2 aromatic rings. The Bertz CT molecular complexity index is 1370. The van der Waals surface area contributed by atoms with E-state index in [1.807, 2.05) is 6.92 Å². The second-order valence-electron chi connectivity index (χ2n) is 11.9. The number of amidine groups is 1. The molecule has 2 aliphatic carbocycles. The van der Waals surface area contributed by atoms with Gasteiger partial charge in [-0.05, 0) is 64.2 Å². The van der Waals surface area contributed by atoms with Crippen LogP contribution >= 0.6 is 0 Å². The first-order valence-electron chi connectivity index (χ1n) is 14.9. The Labute approximate surface area is 245 Å². The number of aliphatic hydroxyl groups is 1. The molecule has 226 valence electrons. The van der Waals surface area contributed by atoms with E-state index in [0.717, 1.165) is 44.0 Å². The van der Waals surface area contributed by atoms with Gasteiger partial charge in [-0.15, -0.1) is 12.3 Å². The monoisotopic (exact) mass is 579 g/mol. The second kappa shape index (κ2) is 12.5. The van der Waals surface area contributed by atoms with Crippen LogP contribution in [0.15, 0.2) is 0 Å². The summed E-state index contributed by atoms with van der Waals surface area (Å²) in [6, 6.07) is 0.0443. The summed E-state index contributed by atoms with van der Waals surface area (Å²) in [5.41, 5.74) is 1.11. The lowest BCUT2D eigenvalue weighted by atomic mass is 9.80. The van der Waals surface area contributed by atoms with Gasteiger partial charge in [-0.3, -0.25) is 15.5 Å². The van der Waals surface area contributed by atoms with Crippen LogP contribution in [-0.4, -0.2) is 90.8 Å². The van der Waals surface area contributed by atoms with Crippen molar-refractivity contribution in [2.24, 2.45) is 17.8 Å². The molecule has 0 unspecified atom stereocenters. The first-order valence-corrected chi connectivity index (χ1v) is 14.9. The maximum Gasteiger partial charge on any atom is 0.410 e. The highest BCUT2D eigenvalue weighted by Crippen LogP contribution is 2.36. The largest absolute Gasteiger partial charge is 0.465 e. The number of imidazole rings is 1. The zero-order valence-electron chi connectivity index (χ0n) is 24.3. The molecule has 0 aromatic carbocycles. The van der Waals surface area contributed by atoms with Gasteiger partial charge in [0.05, 0.1) is 0 Å². The third-order valence-electron chi connectivity index (χ3n) is 9.16. The van der Waals surface area contributed by atoms with Crippen molar-refractivity contribution in [1.82, 2.24) is 29.7 Å². The Balaban J connectivity index is 1.58. The zero-order valence-corrected chi connectivity index (χ0v) is 24.3. The van der Waals surface area contributed by atoms with Crippen LogP contribution < -0.4 is 15.5 Å². The number of carbonyl (C=O) groups excluding carboxylic acids is 1. The lowest BCUT2D eigenvalue weighted by Gasteiger charge is -2.40. The molecule has 0 radical (unpaired) electrons. The standard InChI is InChI=1S/C29H41N9O4/c1-4-19-8-10-20(11-9-19)15-38-23-25(31-18(3)21-6-5-7-21)33-27(24(30)32-29(41)42)34-26(23)35-28(38)37-13-12-36(14-17(37)2)22(40)16-39/h1,17-21,39H,5-16H2,2-3H3,(H2,30,32)(H,41,42)(H,31,33,34)/t17-,18-,19-,20-/m1/s1. The van der Waals surface area contributed by atoms with E-state index < -0.39 is 18.5 Å². The zero-order chi connectivity index (χ0) is 30.0. The molecule has 1 saturated heterocycles. The smallest absolute Gasteiger partial charge is 0.410 e. The maximum atomic E-state index is 12.2. The number of terminal acetylenes is 1. The molecule has 1 aliphatic heterocycles. The molecular weight excluding hydrogens is 538 g/mol. The van der Waals surface area contributed by atoms with Gasteiger partial charge < -0.3 is 29.9 Å². The number of fused-ring (bicyclic) bond motifs is 1. The van der Waals surface area contributed by atoms with E-state index in [2.05, 4.69) is 42.9 Å². The number of nitrogens with zero attached hydrogens (tertiary/aromatic N) is 6. The summed E-state index contributed by atoms with van der Waals surface area (Å²) in [7, 11) is 0. The predicted molar refractivity (Wildman–Crippen MR) is 158 cm³/mol. The molecule has 42 heavy (non-hydrogen) atoms. The summed E-state index contributed by atoms with van der Waals surface area (Å²) in [5.74, 6) is 4.56. The van der Waals surface area contributed by atoms with Gasteiger partial charge in [-0.25, -0.2) is 14.8 Å². The van der Waals surface area contributed by atoms with Crippen molar-refractivity contribution in [3.63, 3.8) is 0 Å². The first kappa shape index (κ1) is 29.6. The lowest BCUT2D eigenvalue weighted by Crippen LogP contribution is -2.55. The summed E-state index contributed by atoms with van der Waals surface area (Å²) in [5, 5.41) is 32.5. The minimum atomic E-state index is -1.36. The molecule has 2 aromatic heterocycles. The highest BCUT2D eigenvalue weighted by Gasteiger charge is 2.33. The molecule has 13 heteroatoms. The summed E-state index contributed by atoms with van der Waals surface area (Å²) in [6.07, 6.45) is 11.7. The quantitative estimate of drug-likeness (QED) is 0.179. The molecule has 3 heterocycles. The number of carbonyl (C=O) groups is 2. The van der Waals surface area contributed by atoms with Crippen LogP contribution in [0.25, 0.3) is 11.2 Å². The third kappa shape index (κ3) is 6.13. The average molecular weight is 580 g/mol. The van der Waals surface area contributed by atoms with Crippen LogP contribution in [0.1, 0.15) is 64.6 Å². The van der Waals surface area contributed by atoms with Crippen LogP contribution in [0.4, 0.5) is 16.6 Å². The van der Waals surface area contributed by atoms with Crippen LogP contribution in [-0.2, 0) is 11.3 Å². The normalized spacial score (nSPS) is 23.6. The van der Waals surface area contributed by atoms with Crippen molar-refractivity contribution in [2.75, 3.05) is 36.5 Å². The summed E-state index contributed by atoms with van der Waals surface area (Å²) in [4.78, 5) is 41.6. The molecule has 5 N–H and O–H groups in total. The third-order valence-corrected chi connectivity index (χ3v) is 9.16. The summed E-state index contributed by atoms with van der Waals surface area (Å²) in [6.45, 7) is 5.75. The summed E-state index contributed by atoms with van der Waals surface area (Å²) >= 11 is 0. The van der Waals surface area contributed by atoms with Crippen LogP contribution in [0.5, 0.6) is 0 Å². The van der Waals surface area contributed by atoms with Gasteiger partial charge in [-0.1, -0.05) is 6.42 Å². The second-order valence-corrected chi connectivity index (χ2v) is 11.9. The molecule has 5 rings (SSSR count). The molecule has 2 saturated carbocycles. The number of hydrogen-bond donors (Lipinski definition) is 5. The number of rotatable bonds is 8. The maximum absolute atomic E-state index is 12.2. The van der Waals surface area contributed by atoms with E-state index in [0.29, 0.717) is 61.3 Å². The van der Waals surface area contributed by atoms with Gasteiger partial charge in [0.25, 0.3) is 0 Å². The fourth-order valence-corrected chi connectivity index (χ4v) is 6.42. The van der Waals surface area contributed by atoms with Gasteiger partial charge in [-0.2, -0.15) is 4.98 Å². The van der Waals surface area contributed by atoms with Crippen molar-refractivity contribution in [3.05, 3.63) is 5.82 Å². The van der Waals surface area contributed by atoms with Crippen molar-refractivity contribution in [2.45, 2.75) is 77.4 Å². The van der Waals surface area contributed by atoms with Crippen LogP contribution in [0.2, 0.25) is 0 Å². The fourth-order valence-electron chi connectivity index (χ4n) is 6.42. The Morgan fingerprint density at radius 2 is 1.88 bits per heavy atom. The topological polar surface area (TPSA) is 173 Å². The number of nitrogens with one attached hydrogen (secondary N) is 3. The Morgan fingerprint density at radius 1 is 1.14 bits per heavy atom. The molecule has 3 aliphatic rings. The Hall–Kier alpha value is -3.92. The number of amides is 2. The number of carboxylic acid groups (broad SMARTS) is 1. The highest BCUT2D eigenvalue weighted by atomic mass is 16.4. The SMILES string of the molecule is C#C[C@H]1CC[C@H](Cn2c(N3CCN(C(=O)CO)C[C@H]3C)nc3nc(C(=N)NC(=O)O)nc(N[C@H](C)C4CCC4)c32)CC1. The average Bonchev–Trinajstić information content (AvgIpc) is 3.29. The predicted octanol–water partition coefficient (Wildman–Crippen LogP) is 2.49. The number of anilines is 2. The molecular formula is C29H41N9O4. The molecule has 2 amide bonds. The van der Waals surface area contributed by atoms with Crippen molar-refractivity contribution in [1.29, 1.82) is 5.41 Å². The number of aromatic nitrogens is 4. The van der Waals surface area contributed by atoms with Crippen molar-refractivity contribution >= 4 is 40.8 Å². The molecule has 3 fully saturated rings. The summed E-state index contributed by atoms with van der Waals surface area (Å²) < 4.78 is 2.17. The molecule has 0 spiro atoms. The highest BCUT2D eigenvalue weighted by molar-refractivity contribution is 6.03. The molecule has 0 bridgehead atoms. The van der Waals surface area contributed by atoms with E-state index in [4.69, 9.17) is 16.8 Å².